The maximum absolute atomic E-state index is 11.8. The second kappa shape index (κ2) is 8.18. The summed E-state index contributed by atoms with van der Waals surface area (Å²) in [7, 11) is 0. The first-order valence-electron chi connectivity index (χ1n) is 7.29. The average molecular weight is 302 g/mol. The van der Waals surface area contributed by atoms with E-state index in [9.17, 15) is 9.59 Å². The molecule has 22 heavy (non-hydrogen) atoms. The number of hydrogen-bond donors (Lipinski definition) is 1. The molecule has 0 bridgehead atoms. The number of nitrogens with one attached hydrogen (secondary N) is 1. The summed E-state index contributed by atoms with van der Waals surface area (Å²) in [5.41, 5.74) is 0.0776. The van der Waals surface area contributed by atoms with Gasteiger partial charge in [-0.1, -0.05) is 44.2 Å². The lowest BCUT2D eigenvalue weighted by molar-refractivity contribution is -0.149. The third kappa shape index (κ3) is 5.57. The van der Waals surface area contributed by atoms with Gasteiger partial charge >= 0.3 is 5.97 Å². The molecule has 0 aromatic heterocycles. The molecule has 1 aromatic rings. The number of carbonyl (C=O) groups excluding carboxylic acids is 2. The highest BCUT2D eigenvalue weighted by Crippen LogP contribution is 2.14. The molecule has 1 amide bonds. The van der Waals surface area contributed by atoms with Gasteiger partial charge in [-0.25, -0.2) is 0 Å². The zero-order valence-corrected chi connectivity index (χ0v) is 13.3. The molecule has 118 valence electrons. The van der Waals surface area contributed by atoms with Gasteiger partial charge in [0.1, 0.15) is 5.54 Å². The number of nitriles is 1. The minimum Gasteiger partial charge on any atom is -0.456 e. The van der Waals surface area contributed by atoms with Crippen LogP contribution in [0.25, 0.3) is 0 Å². The van der Waals surface area contributed by atoms with Crippen LogP contribution in [0.4, 0.5) is 0 Å². The normalized spacial score (nSPS) is 13.0. The number of benzene rings is 1. The third-order valence-electron chi connectivity index (χ3n) is 3.61. The van der Waals surface area contributed by atoms with Crippen LogP contribution in [0.2, 0.25) is 0 Å². The Balaban J connectivity index is 2.35. The van der Waals surface area contributed by atoms with Crippen LogP contribution in [0.3, 0.4) is 0 Å². The van der Waals surface area contributed by atoms with Gasteiger partial charge in [0.25, 0.3) is 5.91 Å². The first-order chi connectivity index (χ1) is 10.4. The number of aryl methyl sites for hydroxylation is 1. The van der Waals surface area contributed by atoms with Crippen molar-refractivity contribution in [1.29, 1.82) is 5.26 Å². The maximum Gasteiger partial charge on any atom is 0.306 e. The Kier molecular flexibility index (Phi) is 6.58. The van der Waals surface area contributed by atoms with Gasteiger partial charge in [0.2, 0.25) is 0 Å². The van der Waals surface area contributed by atoms with Gasteiger partial charge in [-0.15, -0.1) is 0 Å². The number of rotatable bonds is 7. The molecule has 0 spiro atoms. The summed E-state index contributed by atoms with van der Waals surface area (Å²) in [6.07, 6.45) is 0.792. The molecule has 0 saturated carbocycles. The zero-order chi connectivity index (χ0) is 16.6. The molecule has 0 aliphatic carbocycles. The van der Waals surface area contributed by atoms with E-state index in [4.69, 9.17) is 10.00 Å². The molecule has 0 unspecified atom stereocenters. The molecule has 1 aromatic carbocycles. The van der Waals surface area contributed by atoms with Crippen molar-refractivity contribution in [3.63, 3.8) is 0 Å². The minimum absolute atomic E-state index is 0.0461. The zero-order valence-electron chi connectivity index (χ0n) is 13.3. The standard InChI is InChI=1S/C17H22N2O3/c1-13(2)17(3,12-18)19-15(20)11-22-16(21)10-9-14-7-5-4-6-8-14/h4-8,13H,9-11H2,1-3H3,(H,19,20)/t17-/m1/s1. The van der Waals surface area contributed by atoms with Crippen molar-refractivity contribution in [3.8, 4) is 6.07 Å². The van der Waals surface area contributed by atoms with Crippen molar-refractivity contribution in [3.05, 3.63) is 35.9 Å². The third-order valence-corrected chi connectivity index (χ3v) is 3.61. The number of esters is 1. The van der Waals surface area contributed by atoms with E-state index in [0.717, 1.165) is 5.56 Å². The fraction of sp³-hybridized carbons (Fsp3) is 0.471. The highest BCUT2D eigenvalue weighted by molar-refractivity contribution is 5.81. The molecular weight excluding hydrogens is 280 g/mol. The molecule has 0 aliphatic rings. The second-order valence-corrected chi connectivity index (χ2v) is 5.66. The lowest BCUT2D eigenvalue weighted by atomic mass is 9.90. The van der Waals surface area contributed by atoms with E-state index < -0.39 is 17.4 Å². The highest BCUT2D eigenvalue weighted by Gasteiger charge is 2.30. The van der Waals surface area contributed by atoms with Crippen LogP contribution in [-0.2, 0) is 20.7 Å². The topological polar surface area (TPSA) is 79.2 Å². The van der Waals surface area contributed by atoms with Crippen LogP contribution < -0.4 is 5.32 Å². The predicted octanol–water partition coefficient (Wildman–Crippen LogP) is 2.22. The molecule has 5 nitrogen and oxygen atoms in total. The Morgan fingerprint density at radius 2 is 1.95 bits per heavy atom. The molecule has 0 aliphatic heterocycles. The number of ether oxygens (including phenoxy) is 1. The molecule has 0 radical (unpaired) electrons. The van der Waals surface area contributed by atoms with E-state index in [1.54, 1.807) is 6.92 Å². The van der Waals surface area contributed by atoms with Crippen molar-refractivity contribution < 1.29 is 14.3 Å². The largest absolute Gasteiger partial charge is 0.456 e. The van der Waals surface area contributed by atoms with Crippen LogP contribution in [-0.4, -0.2) is 24.0 Å². The van der Waals surface area contributed by atoms with Crippen molar-refractivity contribution >= 4 is 11.9 Å². The number of carbonyl (C=O) groups is 2. The van der Waals surface area contributed by atoms with Crippen molar-refractivity contribution in [2.75, 3.05) is 6.61 Å². The number of hydrogen-bond acceptors (Lipinski definition) is 4. The summed E-state index contributed by atoms with van der Waals surface area (Å²) >= 11 is 0. The van der Waals surface area contributed by atoms with E-state index in [2.05, 4.69) is 11.4 Å². The summed E-state index contributed by atoms with van der Waals surface area (Å²) in [5.74, 6) is -0.941. The quantitative estimate of drug-likeness (QED) is 0.783. The second-order valence-electron chi connectivity index (χ2n) is 5.66. The lowest BCUT2D eigenvalue weighted by Crippen LogP contribution is -2.50. The molecule has 5 heteroatoms. The molecule has 0 saturated heterocycles. The molecule has 0 heterocycles. The van der Waals surface area contributed by atoms with Gasteiger partial charge in [-0.3, -0.25) is 9.59 Å². The van der Waals surface area contributed by atoms with Crippen LogP contribution in [0.15, 0.2) is 30.3 Å². The average Bonchev–Trinajstić information content (AvgIpc) is 2.51. The van der Waals surface area contributed by atoms with Crippen LogP contribution in [0.1, 0.15) is 32.8 Å². The van der Waals surface area contributed by atoms with E-state index in [-0.39, 0.29) is 18.9 Å². The highest BCUT2D eigenvalue weighted by atomic mass is 16.5. The van der Waals surface area contributed by atoms with Crippen molar-refractivity contribution in [2.24, 2.45) is 5.92 Å². The van der Waals surface area contributed by atoms with Gasteiger partial charge in [-0.05, 0) is 24.8 Å². The smallest absolute Gasteiger partial charge is 0.306 e. The molecule has 0 fully saturated rings. The Morgan fingerprint density at radius 3 is 2.50 bits per heavy atom. The lowest BCUT2D eigenvalue weighted by Gasteiger charge is -2.27. The van der Waals surface area contributed by atoms with Crippen molar-refractivity contribution in [2.45, 2.75) is 39.2 Å². The first kappa shape index (κ1) is 17.7. The molecular formula is C17H22N2O3. The minimum atomic E-state index is -0.965. The fourth-order valence-electron chi connectivity index (χ4n) is 1.74. The van der Waals surface area contributed by atoms with Gasteiger partial charge in [0, 0.05) is 6.42 Å². The van der Waals surface area contributed by atoms with Crippen LogP contribution in [0.5, 0.6) is 0 Å². The monoisotopic (exact) mass is 302 g/mol. The Morgan fingerprint density at radius 1 is 1.32 bits per heavy atom. The Labute approximate surface area is 131 Å². The maximum atomic E-state index is 11.8. The van der Waals surface area contributed by atoms with E-state index in [1.807, 2.05) is 44.2 Å². The number of nitrogens with zero attached hydrogens (tertiary/aromatic N) is 1. The van der Waals surface area contributed by atoms with E-state index in [1.165, 1.54) is 0 Å². The summed E-state index contributed by atoms with van der Waals surface area (Å²) in [4.78, 5) is 23.4. The summed E-state index contributed by atoms with van der Waals surface area (Å²) < 4.78 is 4.94. The van der Waals surface area contributed by atoms with Gasteiger partial charge in [0.05, 0.1) is 6.07 Å². The SMILES string of the molecule is CC(C)[C@@](C)(C#N)NC(=O)COC(=O)CCc1ccccc1. The summed E-state index contributed by atoms with van der Waals surface area (Å²) in [6.45, 7) is 4.97. The Bertz CT molecular complexity index is 549. The summed E-state index contributed by atoms with van der Waals surface area (Å²) in [6, 6.07) is 11.7. The number of amides is 1. The predicted molar refractivity (Wildman–Crippen MR) is 82.7 cm³/mol. The summed E-state index contributed by atoms with van der Waals surface area (Å²) in [5, 5.41) is 11.7. The van der Waals surface area contributed by atoms with Crippen molar-refractivity contribution in [1.82, 2.24) is 5.32 Å². The Hall–Kier alpha value is -2.35. The van der Waals surface area contributed by atoms with Gasteiger partial charge in [0.15, 0.2) is 6.61 Å². The van der Waals surface area contributed by atoms with Gasteiger partial charge in [-0.2, -0.15) is 5.26 Å². The molecule has 1 N–H and O–H groups in total. The van der Waals surface area contributed by atoms with E-state index >= 15 is 0 Å². The van der Waals surface area contributed by atoms with Gasteiger partial charge < -0.3 is 10.1 Å². The van der Waals surface area contributed by atoms with Crippen LogP contribution in [0, 0.1) is 17.2 Å². The van der Waals surface area contributed by atoms with Crippen LogP contribution >= 0.6 is 0 Å². The molecule has 1 rings (SSSR count). The first-order valence-corrected chi connectivity index (χ1v) is 7.29. The molecule has 1 atom stereocenters. The fourth-order valence-corrected chi connectivity index (χ4v) is 1.74. The van der Waals surface area contributed by atoms with E-state index in [0.29, 0.717) is 6.42 Å².